The largest absolute Gasteiger partial charge is 0.303 e. The molecule has 0 bridgehead atoms. The number of aldehydes is 1. The molecule has 0 fully saturated rings. The van der Waals surface area contributed by atoms with Crippen LogP contribution >= 0.6 is 0 Å². The summed E-state index contributed by atoms with van der Waals surface area (Å²) in [7, 11) is 0. The van der Waals surface area contributed by atoms with E-state index in [0.29, 0.717) is 6.29 Å². The van der Waals surface area contributed by atoms with E-state index in [9.17, 15) is 18.0 Å². The molecular formula is C12H13F3O. The van der Waals surface area contributed by atoms with Crippen molar-refractivity contribution in [3.63, 3.8) is 0 Å². The number of carbonyl (C=O) groups excluding carboxylic acids is 1. The van der Waals surface area contributed by atoms with Crippen LogP contribution in [-0.4, -0.2) is 6.29 Å². The van der Waals surface area contributed by atoms with Crippen LogP contribution in [0.3, 0.4) is 0 Å². The zero-order valence-corrected chi connectivity index (χ0v) is 9.14. The van der Waals surface area contributed by atoms with Gasteiger partial charge in [0.15, 0.2) is 0 Å². The molecule has 1 unspecified atom stereocenters. The molecule has 0 N–H and O–H groups in total. The summed E-state index contributed by atoms with van der Waals surface area (Å²) in [6, 6.07) is 3.21. The Balaban J connectivity index is 3.13. The summed E-state index contributed by atoms with van der Waals surface area (Å²) in [6.07, 6.45) is 0.774. The Kier molecular flexibility index (Phi) is 3.73. The maximum Gasteiger partial charge on any atom is 0.270 e. The van der Waals surface area contributed by atoms with Crippen LogP contribution in [-0.2, 0) is 10.7 Å². The van der Waals surface area contributed by atoms with Crippen molar-refractivity contribution in [2.45, 2.75) is 32.1 Å². The maximum absolute atomic E-state index is 13.4. The van der Waals surface area contributed by atoms with Crippen molar-refractivity contribution < 1.29 is 18.0 Å². The Morgan fingerprint density at radius 2 is 2.06 bits per heavy atom. The Morgan fingerprint density at radius 3 is 2.56 bits per heavy atom. The van der Waals surface area contributed by atoms with Gasteiger partial charge < -0.3 is 4.79 Å². The van der Waals surface area contributed by atoms with Gasteiger partial charge in [0.25, 0.3) is 5.92 Å². The van der Waals surface area contributed by atoms with Crippen molar-refractivity contribution in [3.05, 3.63) is 35.1 Å². The standard InChI is InChI=1S/C12H13F3O/c1-8(5-6-16)10-7-9(12(2,14)15)3-4-11(10)13/h3-4,6-8H,5H2,1-2H3. The Bertz CT molecular complexity index is 382. The Hall–Kier alpha value is -1.32. The van der Waals surface area contributed by atoms with Crippen LogP contribution in [0.2, 0.25) is 0 Å². The van der Waals surface area contributed by atoms with Crippen LogP contribution in [0.4, 0.5) is 13.2 Å². The molecule has 1 aromatic carbocycles. The predicted molar refractivity (Wildman–Crippen MR) is 55.1 cm³/mol. The van der Waals surface area contributed by atoms with E-state index in [1.165, 1.54) is 0 Å². The number of alkyl halides is 2. The maximum atomic E-state index is 13.4. The second-order valence-corrected chi connectivity index (χ2v) is 3.93. The molecule has 1 nitrogen and oxygen atoms in total. The van der Waals surface area contributed by atoms with E-state index < -0.39 is 11.7 Å². The normalized spacial score (nSPS) is 13.6. The van der Waals surface area contributed by atoms with E-state index in [1.54, 1.807) is 6.92 Å². The van der Waals surface area contributed by atoms with Crippen LogP contribution in [0.15, 0.2) is 18.2 Å². The molecule has 1 atom stereocenters. The number of carbonyl (C=O) groups is 1. The van der Waals surface area contributed by atoms with Gasteiger partial charge in [-0.2, -0.15) is 0 Å². The lowest BCUT2D eigenvalue weighted by molar-refractivity contribution is -0.108. The van der Waals surface area contributed by atoms with Gasteiger partial charge in [-0.25, -0.2) is 13.2 Å². The number of hydrogen-bond donors (Lipinski definition) is 0. The molecule has 0 saturated heterocycles. The number of halogens is 3. The molecule has 16 heavy (non-hydrogen) atoms. The van der Waals surface area contributed by atoms with E-state index in [2.05, 4.69) is 0 Å². The molecule has 0 amide bonds. The molecule has 0 aliphatic rings. The quantitative estimate of drug-likeness (QED) is 0.722. The van der Waals surface area contributed by atoms with Gasteiger partial charge in [-0.15, -0.1) is 0 Å². The highest BCUT2D eigenvalue weighted by molar-refractivity contribution is 5.51. The molecule has 0 saturated carbocycles. The van der Waals surface area contributed by atoms with E-state index >= 15 is 0 Å². The predicted octanol–water partition coefficient (Wildman–Crippen LogP) is 3.63. The Labute approximate surface area is 92.3 Å². The third-order valence-corrected chi connectivity index (χ3v) is 2.48. The van der Waals surface area contributed by atoms with Crippen LogP contribution in [0.5, 0.6) is 0 Å². The molecule has 0 spiro atoms. The van der Waals surface area contributed by atoms with Crippen molar-refractivity contribution >= 4 is 6.29 Å². The van der Waals surface area contributed by atoms with E-state index in [0.717, 1.165) is 25.1 Å². The van der Waals surface area contributed by atoms with Gasteiger partial charge in [0.05, 0.1) is 0 Å². The van der Waals surface area contributed by atoms with E-state index in [4.69, 9.17) is 0 Å². The van der Waals surface area contributed by atoms with Gasteiger partial charge in [-0.3, -0.25) is 0 Å². The summed E-state index contributed by atoms with van der Waals surface area (Å²) in [4.78, 5) is 10.3. The molecule has 1 rings (SSSR count). The summed E-state index contributed by atoms with van der Waals surface area (Å²) in [5.74, 6) is -3.94. The molecule has 0 radical (unpaired) electrons. The number of hydrogen-bond acceptors (Lipinski definition) is 1. The highest BCUT2D eigenvalue weighted by atomic mass is 19.3. The fraction of sp³-hybridized carbons (Fsp3) is 0.417. The third-order valence-electron chi connectivity index (χ3n) is 2.48. The minimum absolute atomic E-state index is 0.121. The molecule has 1 aromatic rings. The topological polar surface area (TPSA) is 17.1 Å². The highest BCUT2D eigenvalue weighted by Gasteiger charge is 2.25. The first-order valence-corrected chi connectivity index (χ1v) is 4.97. The van der Waals surface area contributed by atoms with Crippen molar-refractivity contribution in [1.29, 1.82) is 0 Å². The van der Waals surface area contributed by atoms with Gasteiger partial charge in [-0.1, -0.05) is 13.0 Å². The zero-order valence-electron chi connectivity index (χ0n) is 9.14. The van der Waals surface area contributed by atoms with Gasteiger partial charge >= 0.3 is 0 Å². The lowest BCUT2D eigenvalue weighted by Gasteiger charge is -2.15. The fourth-order valence-corrected chi connectivity index (χ4v) is 1.47. The van der Waals surface area contributed by atoms with E-state index in [1.807, 2.05) is 0 Å². The van der Waals surface area contributed by atoms with Gasteiger partial charge in [0, 0.05) is 18.9 Å². The second kappa shape index (κ2) is 4.68. The van der Waals surface area contributed by atoms with Gasteiger partial charge in [-0.05, 0) is 23.6 Å². The SMILES string of the molecule is CC(CC=O)c1cc(C(C)(F)F)ccc1F. The molecule has 4 heteroatoms. The summed E-state index contributed by atoms with van der Waals surface area (Å²) < 4.78 is 39.4. The first-order chi connectivity index (χ1) is 7.36. The lowest BCUT2D eigenvalue weighted by Crippen LogP contribution is -2.09. The first-order valence-electron chi connectivity index (χ1n) is 4.97. The minimum atomic E-state index is -3.00. The molecular weight excluding hydrogens is 217 g/mol. The zero-order chi connectivity index (χ0) is 12.3. The molecule has 88 valence electrons. The molecule has 0 aromatic heterocycles. The summed E-state index contributed by atoms with van der Waals surface area (Å²) in [5, 5.41) is 0. The molecule has 0 heterocycles. The van der Waals surface area contributed by atoms with Crippen molar-refractivity contribution in [1.82, 2.24) is 0 Å². The first kappa shape index (κ1) is 12.7. The lowest BCUT2D eigenvalue weighted by atomic mass is 9.95. The van der Waals surface area contributed by atoms with Crippen LogP contribution in [0.25, 0.3) is 0 Å². The second-order valence-electron chi connectivity index (χ2n) is 3.93. The van der Waals surface area contributed by atoms with E-state index in [-0.39, 0.29) is 23.5 Å². The third kappa shape index (κ3) is 2.84. The van der Waals surface area contributed by atoms with Crippen molar-refractivity contribution in [2.24, 2.45) is 0 Å². The van der Waals surface area contributed by atoms with Gasteiger partial charge in [0.1, 0.15) is 12.1 Å². The minimum Gasteiger partial charge on any atom is -0.303 e. The van der Waals surface area contributed by atoms with Crippen LogP contribution in [0, 0.1) is 5.82 Å². The summed E-state index contributed by atoms with van der Waals surface area (Å²) in [5.41, 5.74) is -0.0761. The smallest absolute Gasteiger partial charge is 0.270 e. The van der Waals surface area contributed by atoms with Gasteiger partial charge in [0.2, 0.25) is 0 Å². The Morgan fingerprint density at radius 1 is 1.44 bits per heavy atom. The van der Waals surface area contributed by atoms with Crippen molar-refractivity contribution in [3.8, 4) is 0 Å². The fourth-order valence-electron chi connectivity index (χ4n) is 1.47. The average molecular weight is 230 g/mol. The van der Waals surface area contributed by atoms with Crippen LogP contribution in [0.1, 0.15) is 37.3 Å². The molecule has 0 aliphatic heterocycles. The monoisotopic (exact) mass is 230 g/mol. The molecule has 0 aliphatic carbocycles. The average Bonchev–Trinajstić information content (AvgIpc) is 2.16. The summed E-state index contributed by atoms with van der Waals surface area (Å²) >= 11 is 0. The summed E-state index contributed by atoms with van der Waals surface area (Å²) in [6.45, 7) is 2.39. The number of rotatable bonds is 4. The number of benzene rings is 1. The van der Waals surface area contributed by atoms with Crippen LogP contribution < -0.4 is 0 Å². The highest BCUT2D eigenvalue weighted by Crippen LogP contribution is 2.31. The van der Waals surface area contributed by atoms with Crippen molar-refractivity contribution in [2.75, 3.05) is 0 Å².